The van der Waals surface area contributed by atoms with E-state index in [4.69, 9.17) is 16.7 Å². The summed E-state index contributed by atoms with van der Waals surface area (Å²) in [6, 6.07) is 0. The van der Waals surface area contributed by atoms with Gasteiger partial charge in [0.1, 0.15) is 5.15 Å². The Bertz CT molecular complexity index is 504. The zero-order valence-corrected chi connectivity index (χ0v) is 11.2. The Morgan fingerprint density at radius 2 is 2.33 bits per heavy atom. The van der Waals surface area contributed by atoms with Crippen molar-refractivity contribution in [2.75, 3.05) is 6.61 Å². The van der Waals surface area contributed by atoms with Crippen molar-refractivity contribution in [3.05, 3.63) is 22.5 Å². The van der Waals surface area contributed by atoms with Crippen molar-refractivity contribution in [3.8, 4) is 0 Å². The molecule has 1 aliphatic carbocycles. The third-order valence-electron chi connectivity index (χ3n) is 3.14. The first kappa shape index (κ1) is 13.1. The Hall–Kier alpha value is -1.33. The predicted octanol–water partition coefficient (Wildman–Crippen LogP) is 1.04. The smallest absolute Gasteiger partial charge is 0.244 e. The highest BCUT2D eigenvalue weighted by atomic mass is 35.5. The van der Waals surface area contributed by atoms with Crippen LogP contribution in [-0.4, -0.2) is 32.9 Å². The molecule has 0 aromatic carbocycles. The number of nitrogens with zero attached hydrogens (tertiary/aromatic N) is 2. The van der Waals surface area contributed by atoms with E-state index in [9.17, 15) is 4.79 Å². The van der Waals surface area contributed by atoms with Gasteiger partial charge in [-0.1, -0.05) is 11.6 Å². The van der Waals surface area contributed by atoms with Gasteiger partial charge in [0.05, 0.1) is 17.8 Å². The van der Waals surface area contributed by atoms with E-state index in [1.807, 2.05) is 6.92 Å². The average Bonchev–Trinajstić information content (AvgIpc) is 3.04. The Morgan fingerprint density at radius 3 is 2.78 bits per heavy atom. The minimum Gasteiger partial charge on any atom is -0.394 e. The molecule has 1 aromatic heterocycles. The Labute approximate surface area is 110 Å². The summed E-state index contributed by atoms with van der Waals surface area (Å²) in [5.41, 5.74) is 1.12. The predicted molar refractivity (Wildman–Crippen MR) is 69.2 cm³/mol. The highest BCUT2D eigenvalue weighted by molar-refractivity contribution is 6.31. The molecule has 0 saturated heterocycles. The molecule has 0 bridgehead atoms. The molecule has 2 rings (SSSR count). The lowest BCUT2D eigenvalue weighted by atomic mass is 10.2. The van der Waals surface area contributed by atoms with Crippen molar-refractivity contribution in [2.24, 2.45) is 7.05 Å². The molecule has 0 aliphatic heterocycles. The van der Waals surface area contributed by atoms with Crippen LogP contribution >= 0.6 is 11.6 Å². The van der Waals surface area contributed by atoms with Crippen molar-refractivity contribution >= 4 is 23.6 Å². The summed E-state index contributed by atoms with van der Waals surface area (Å²) in [5.74, 6) is -0.221. The van der Waals surface area contributed by atoms with Gasteiger partial charge in [0.25, 0.3) is 0 Å². The maximum Gasteiger partial charge on any atom is 0.244 e. The topological polar surface area (TPSA) is 67.2 Å². The van der Waals surface area contributed by atoms with Crippen molar-refractivity contribution in [3.63, 3.8) is 0 Å². The molecule has 1 amide bonds. The maximum atomic E-state index is 11.7. The molecule has 98 valence electrons. The number of rotatable bonds is 4. The first-order chi connectivity index (χ1) is 8.47. The van der Waals surface area contributed by atoms with E-state index < -0.39 is 5.54 Å². The fourth-order valence-corrected chi connectivity index (χ4v) is 2.01. The van der Waals surface area contributed by atoms with Gasteiger partial charge in [-0.3, -0.25) is 9.48 Å². The fraction of sp³-hybridized carbons (Fsp3) is 0.500. The van der Waals surface area contributed by atoms with Crippen LogP contribution in [0, 0.1) is 6.92 Å². The van der Waals surface area contributed by atoms with Crippen molar-refractivity contribution in [1.82, 2.24) is 15.1 Å². The molecule has 1 saturated carbocycles. The lowest BCUT2D eigenvalue weighted by molar-refractivity contribution is -0.117. The number of aromatic nitrogens is 2. The number of carbonyl (C=O) groups is 1. The summed E-state index contributed by atoms with van der Waals surface area (Å²) >= 11 is 6.05. The van der Waals surface area contributed by atoms with E-state index in [1.165, 1.54) is 6.08 Å². The van der Waals surface area contributed by atoms with Crippen LogP contribution < -0.4 is 5.32 Å². The van der Waals surface area contributed by atoms with Crippen LogP contribution in [0.1, 0.15) is 24.1 Å². The number of aliphatic hydroxyl groups is 1. The lowest BCUT2D eigenvalue weighted by Crippen LogP contribution is -2.38. The van der Waals surface area contributed by atoms with E-state index in [0.717, 1.165) is 24.1 Å². The third-order valence-corrected chi connectivity index (χ3v) is 3.59. The molecule has 1 aromatic rings. The Kier molecular flexibility index (Phi) is 3.45. The first-order valence-electron chi connectivity index (χ1n) is 5.78. The summed E-state index contributed by atoms with van der Waals surface area (Å²) in [6.45, 7) is 1.82. The summed E-state index contributed by atoms with van der Waals surface area (Å²) in [5, 5.41) is 16.5. The highest BCUT2D eigenvalue weighted by Gasteiger charge is 2.42. The van der Waals surface area contributed by atoms with Crippen molar-refractivity contribution in [2.45, 2.75) is 25.3 Å². The molecular formula is C12H16ClN3O2. The van der Waals surface area contributed by atoms with Gasteiger partial charge < -0.3 is 10.4 Å². The quantitative estimate of drug-likeness (QED) is 0.803. The summed E-state index contributed by atoms with van der Waals surface area (Å²) in [6.07, 6.45) is 4.73. The van der Waals surface area contributed by atoms with Crippen LogP contribution in [0.15, 0.2) is 6.08 Å². The molecule has 0 unspecified atom stereocenters. The van der Waals surface area contributed by atoms with Gasteiger partial charge in [0, 0.05) is 18.7 Å². The van der Waals surface area contributed by atoms with E-state index in [-0.39, 0.29) is 12.5 Å². The lowest BCUT2D eigenvalue weighted by Gasteiger charge is -2.11. The number of hydrogen-bond acceptors (Lipinski definition) is 3. The number of nitrogens with one attached hydrogen (secondary N) is 1. The minimum atomic E-state index is -0.394. The van der Waals surface area contributed by atoms with E-state index in [0.29, 0.717) is 5.15 Å². The van der Waals surface area contributed by atoms with Gasteiger partial charge >= 0.3 is 0 Å². The number of amides is 1. The van der Waals surface area contributed by atoms with Crippen LogP contribution in [0.3, 0.4) is 0 Å². The van der Waals surface area contributed by atoms with Gasteiger partial charge in [-0.25, -0.2) is 0 Å². The third kappa shape index (κ3) is 2.57. The minimum absolute atomic E-state index is 0.0146. The Balaban J connectivity index is 2.04. The van der Waals surface area contributed by atoms with E-state index in [1.54, 1.807) is 17.8 Å². The molecule has 0 atom stereocenters. The molecule has 6 heteroatoms. The zero-order valence-electron chi connectivity index (χ0n) is 10.4. The normalized spacial score (nSPS) is 17.1. The number of halogens is 1. The Morgan fingerprint density at radius 1 is 1.67 bits per heavy atom. The molecule has 0 radical (unpaired) electrons. The molecule has 1 heterocycles. The molecule has 1 fully saturated rings. The number of carbonyl (C=O) groups excluding carboxylic acids is 1. The van der Waals surface area contributed by atoms with Gasteiger partial charge in [-0.05, 0) is 25.8 Å². The molecule has 5 nitrogen and oxygen atoms in total. The molecule has 0 spiro atoms. The standard InChI is InChI=1S/C12H16ClN3O2/c1-8-9(11(13)16(2)15-8)3-4-10(18)14-12(7-17)5-6-12/h3-4,17H,5-7H2,1-2H3,(H,14,18)/b4-3+. The summed E-state index contributed by atoms with van der Waals surface area (Å²) in [7, 11) is 1.75. The summed E-state index contributed by atoms with van der Waals surface area (Å²) < 4.78 is 1.56. The first-order valence-corrected chi connectivity index (χ1v) is 6.15. The van der Waals surface area contributed by atoms with Gasteiger partial charge in [0.15, 0.2) is 0 Å². The van der Waals surface area contributed by atoms with E-state index >= 15 is 0 Å². The second-order valence-corrected chi connectivity index (χ2v) is 5.03. The second kappa shape index (κ2) is 4.74. The molecule has 2 N–H and O–H groups in total. The monoisotopic (exact) mass is 269 g/mol. The molecule has 1 aliphatic rings. The van der Waals surface area contributed by atoms with Gasteiger partial charge in [-0.15, -0.1) is 0 Å². The second-order valence-electron chi connectivity index (χ2n) is 4.67. The van der Waals surface area contributed by atoms with Crippen LogP contribution in [0.25, 0.3) is 6.08 Å². The van der Waals surface area contributed by atoms with Crippen molar-refractivity contribution in [1.29, 1.82) is 0 Å². The highest BCUT2D eigenvalue weighted by Crippen LogP contribution is 2.34. The van der Waals surface area contributed by atoms with E-state index in [2.05, 4.69) is 10.4 Å². The maximum absolute atomic E-state index is 11.7. The van der Waals surface area contributed by atoms with Crippen LogP contribution in [-0.2, 0) is 11.8 Å². The number of aliphatic hydroxyl groups excluding tert-OH is 1. The largest absolute Gasteiger partial charge is 0.394 e. The van der Waals surface area contributed by atoms with Crippen molar-refractivity contribution < 1.29 is 9.90 Å². The van der Waals surface area contributed by atoms with Crippen LogP contribution in [0.5, 0.6) is 0 Å². The fourth-order valence-electron chi connectivity index (χ4n) is 1.77. The van der Waals surface area contributed by atoms with Gasteiger partial charge in [-0.2, -0.15) is 5.10 Å². The SMILES string of the molecule is Cc1nn(C)c(Cl)c1/C=C/C(=O)NC1(CO)CC1. The number of hydrogen-bond donors (Lipinski definition) is 2. The molecule has 18 heavy (non-hydrogen) atoms. The van der Waals surface area contributed by atoms with Crippen LogP contribution in [0.2, 0.25) is 5.15 Å². The zero-order chi connectivity index (χ0) is 13.3. The summed E-state index contributed by atoms with van der Waals surface area (Å²) in [4.78, 5) is 11.7. The van der Waals surface area contributed by atoms with Gasteiger partial charge in [0.2, 0.25) is 5.91 Å². The van der Waals surface area contributed by atoms with Crippen LogP contribution in [0.4, 0.5) is 0 Å². The average molecular weight is 270 g/mol. The molecular weight excluding hydrogens is 254 g/mol. The number of aryl methyl sites for hydroxylation is 2.